The number of likely N-dealkylation sites (tertiary alicyclic amines) is 1. The van der Waals surface area contributed by atoms with Crippen LogP contribution < -0.4 is 9.47 Å². The zero-order valence-electron chi connectivity index (χ0n) is 17.1. The van der Waals surface area contributed by atoms with E-state index in [4.69, 9.17) is 13.9 Å². The molecule has 0 amide bonds. The molecule has 2 aliphatic heterocycles. The molecular weight excluding hydrogens is 378 g/mol. The molecule has 5 atom stereocenters. The molecule has 4 aliphatic carbocycles. The number of carbonyl (C=O) groups is 1. The summed E-state index contributed by atoms with van der Waals surface area (Å²) in [6, 6.07) is 4.72. The Hall–Kier alpha value is -2.27. The number of ketones is 1. The van der Waals surface area contributed by atoms with Crippen LogP contribution in [-0.2, 0) is 15.6 Å². The quantitative estimate of drug-likeness (QED) is 0.780. The normalized spacial score (nSPS) is 39.5. The maximum Gasteiger partial charge on any atom is 0.174 e. The van der Waals surface area contributed by atoms with Crippen LogP contribution >= 0.6 is 0 Å². The number of methoxy groups -OCH3 is 1. The monoisotopic (exact) mass is 403 g/mol. The molecule has 1 saturated heterocycles. The summed E-state index contributed by atoms with van der Waals surface area (Å²) < 4.78 is 17.7. The molecule has 3 saturated carbocycles. The van der Waals surface area contributed by atoms with Crippen LogP contribution in [0, 0.1) is 11.8 Å². The number of hydrogen-bond donors (Lipinski definition) is 0. The Labute approximate surface area is 175 Å². The number of nitrogens with zero attached hydrogens (tertiary/aromatic N) is 1. The Kier molecular flexibility index (Phi) is 2.72. The van der Waals surface area contributed by atoms with Crippen molar-refractivity contribution >= 4 is 5.78 Å². The minimum Gasteiger partial charge on any atom is -0.493 e. The van der Waals surface area contributed by atoms with Crippen molar-refractivity contribution in [2.24, 2.45) is 11.8 Å². The topological polar surface area (TPSA) is 51.9 Å². The summed E-state index contributed by atoms with van der Waals surface area (Å²) in [5, 5.41) is 0. The lowest BCUT2D eigenvalue weighted by molar-refractivity contribution is -0.133. The number of hydrogen-bond acceptors (Lipinski definition) is 5. The fraction of sp³-hybridized carbons (Fsp3) is 0.560. The number of furan rings is 1. The number of ether oxygens (including phenoxy) is 2. The van der Waals surface area contributed by atoms with Crippen LogP contribution in [0.15, 0.2) is 29.1 Å². The standard InChI is InChI=1S/C25H25NO4/c1-28-18-8-15(14-6-7-29-10-14)19-20-21(18)30-23-17(27)5-4-16-22-24(19,11-25(16,20)23)12-26(22)9-13-2-3-13/h6-8,10,13,16,22-23H,2-5,9,11-12H2,1H3. The van der Waals surface area contributed by atoms with Gasteiger partial charge < -0.3 is 13.9 Å². The summed E-state index contributed by atoms with van der Waals surface area (Å²) in [5.41, 5.74) is 5.05. The molecule has 3 heterocycles. The minimum absolute atomic E-state index is 0.148. The van der Waals surface area contributed by atoms with E-state index in [1.165, 1.54) is 36.1 Å². The van der Waals surface area contributed by atoms with Crippen LogP contribution in [0.3, 0.4) is 0 Å². The van der Waals surface area contributed by atoms with E-state index in [1.807, 2.05) is 12.3 Å². The molecule has 2 bridgehead atoms. The van der Waals surface area contributed by atoms with Crippen LogP contribution in [0.2, 0.25) is 0 Å². The van der Waals surface area contributed by atoms with Crippen molar-refractivity contribution in [2.75, 3.05) is 20.2 Å². The van der Waals surface area contributed by atoms with E-state index in [2.05, 4.69) is 11.0 Å². The van der Waals surface area contributed by atoms with Crippen LogP contribution in [0.5, 0.6) is 11.5 Å². The third-order valence-electron chi connectivity index (χ3n) is 9.24. The number of fused-ring (bicyclic) bond motifs is 1. The van der Waals surface area contributed by atoms with Gasteiger partial charge in [0.05, 0.1) is 19.6 Å². The van der Waals surface area contributed by atoms with E-state index in [-0.39, 0.29) is 22.7 Å². The number of benzene rings is 1. The summed E-state index contributed by atoms with van der Waals surface area (Å²) in [7, 11) is 1.70. The lowest BCUT2D eigenvalue weighted by atomic mass is 9.57. The fourth-order valence-electron chi connectivity index (χ4n) is 8.28. The molecule has 5 unspecified atom stereocenters. The average Bonchev–Trinajstić information content (AvgIpc) is 3.11. The van der Waals surface area contributed by atoms with Gasteiger partial charge >= 0.3 is 0 Å². The highest BCUT2D eigenvalue weighted by molar-refractivity contribution is 5.92. The predicted molar refractivity (Wildman–Crippen MR) is 109 cm³/mol. The van der Waals surface area contributed by atoms with Gasteiger partial charge in [-0.25, -0.2) is 0 Å². The van der Waals surface area contributed by atoms with Crippen molar-refractivity contribution in [3.8, 4) is 22.6 Å². The molecule has 5 nitrogen and oxygen atoms in total. The zero-order chi connectivity index (χ0) is 19.8. The van der Waals surface area contributed by atoms with Gasteiger partial charge in [0, 0.05) is 47.5 Å². The lowest BCUT2D eigenvalue weighted by Gasteiger charge is -2.59. The average molecular weight is 403 g/mol. The van der Waals surface area contributed by atoms with Gasteiger partial charge in [0.1, 0.15) is 0 Å². The second kappa shape index (κ2) is 4.96. The maximum absolute atomic E-state index is 13.1. The molecule has 154 valence electrons. The van der Waals surface area contributed by atoms with Crippen LogP contribution in [0.25, 0.3) is 11.1 Å². The minimum atomic E-state index is -0.328. The molecular formula is C25H25NO4. The highest BCUT2D eigenvalue weighted by Gasteiger charge is 2.81. The fourth-order valence-corrected chi connectivity index (χ4v) is 8.28. The summed E-state index contributed by atoms with van der Waals surface area (Å²) >= 11 is 0. The number of rotatable bonds is 4. The van der Waals surface area contributed by atoms with Gasteiger partial charge in [-0.2, -0.15) is 0 Å². The van der Waals surface area contributed by atoms with E-state index >= 15 is 0 Å². The molecule has 8 rings (SSSR count). The molecule has 0 radical (unpaired) electrons. The molecule has 0 N–H and O–H groups in total. The molecule has 1 aromatic carbocycles. The summed E-state index contributed by atoms with van der Waals surface area (Å²) in [5.74, 6) is 3.30. The first-order valence-electron chi connectivity index (χ1n) is 11.4. The second-order valence-corrected chi connectivity index (χ2v) is 10.5. The van der Waals surface area contributed by atoms with E-state index in [9.17, 15) is 4.79 Å². The van der Waals surface area contributed by atoms with Gasteiger partial charge in [-0.15, -0.1) is 0 Å². The number of carbonyl (C=O) groups excluding carboxylic acids is 1. The Morgan fingerprint density at radius 1 is 1.27 bits per heavy atom. The van der Waals surface area contributed by atoms with Gasteiger partial charge in [-0.05, 0) is 60.8 Å². The SMILES string of the molecule is COc1cc(-c2ccoc2)c2c3c1OC1C(=O)CCC4C5N(CC6CC6)CC25CC314. The molecule has 4 fully saturated rings. The van der Waals surface area contributed by atoms with Crippen molar-refractivity contribution < 1.29 is 18.7 Å². The molecule has 30 heavy (non-hydrogen) atoms. The third kappa shape index (κ3) is 1.58. The molecule has 2 aromatic rings. The van der Waals surface area contributed by atoms with Crippen molar-refractivity contribution in [2.45, 2.75) is 55.1 Å². The maximum atomic E-state index is 13.1. The summed E-state index contributed by atoms with van der Waals surface area (Å²) in [4.78, 5) is 15.9. The highest BCUT2D eigenvalue weighted by Crippen LogP contribution is 2.77. The van der Waals surface area contributed by atoms with Crippen molar-refractivity contribution in [3.63, 3.8) is 0 Å². The Bertz CT molecular complexity index is 1120. The molecule has 5 heteroatoms. The smallest absolute Gasteiger partial charge is 0.174 e. The zero-order valence-corrected chi connectivity index (χ0v) is 17.1. The molecule has 1 aromatic heterocycles. The van der Waals surface area contributed by atoms with Crippen LogP contribution in [0.1, 0.15) is 43.2 Å². The number of Topliss-reactive ketones (excluding diaryl/α,β-unsaturated/α-hetero) is 1. The van der Waals surface area contributed by atoms with Crippen molar-refractivity contribution in [3.05, 3.63) is 35.8 Å². The van der Waals surface area contributed by atoms with Gasteiger partial charge in [0.25, 0.3) is 0 Å². The van der Waals surface area contributed by atoms with E-state index in [0.717, 1.165) is 42.4 Å². The van der Waals surface area contributed by atoms with Gasteiger partial charge in [0.2, 0.25) is 0 Å². The lowest BCUT2D eigenvalue weighted by Crippen LogP contribution is -2.68. The van der Waals surface area contributed by atoms with Crippen molar-refractivity contribution in [1.29, 1.82) is 0 Å². The van der Waals surface area contributed by atoms with E-state index in [1.54, 1.807) is 13.4 Å². The van der Waals surface area contributed by atoms with E-state index < -0.39 is 0 Å². The van der Waals surface area contributed by atoms with Gasteiger partial charge in [-0.1, -0.05) is 0 Å². The molecule has 6 aliphatic rings. The van der Waals surface area contributed by atoms with Gasteiger partial charge in [0.15, 0.2) is 23.4 Å². The largest absolute Gasteiger partial charge is 0.493 e. The first-order chi connectivity index (χ1) is 14.7. The third-order valence-corrected chi connectivity index (χ3v) is 9.24. The first kappa shape index (κ1) is 16.4. The van der Waals surface area contributed by atoms with Crippen LogP contribution in [0.4, 0.5) is 0 Å². The van der Waals surface area contributed by atoms with E-state index in [0.29, 0.717) is 18.4 Å². The van der Waals surface area contributed by atoms with Crippen molar-refractivity contribution in [1.82, 2.24) is 4.90 Å². The second-order valence-electron chi connectivity index (χ2n) is 10.5. The molecule has 2 spiro atoms. The Balaban J connectivity index is 1.41. The van der Waals surface area contributed by atoms with Gasteiger partial charge in [-0.3, -0.25) is 9.69 Å². The Morgan fingerprint density at radius 2 is 2.17 bits per heavy atom. The first-order valence-corrected chi connectivity index (χ1v) is 11.4. The summed E-state index contributed by atoms with van der Waals surface area (Å²) in [6.45, 7) is 2.36. The highest BCUT2D eigenvalue weighted by atomic mass is 16.5. The predicted octanol–water partition coefficient (Wildman–Crippen LogP) is 3.68. The Morgan fingerprint density at radius 3 is 2.93 bits per heavy atom. The van der Waals surface area contributed by atoms with Crippen LogP contribution in [-0.4, -0.2) is 43.0 Å². The summed E-state index contributed by atoms with van der Waals surface area (Å²) in [6.07, 6.45) is 8.74.